The molecule has 0 bridgehead atoms. The van der Waals surface area contributed by atoms with Crippen LogP contribution in [-0.2, 0) is 0 Å². The van der Waals surface area contributed by atoms with E-state index in [4.69, 9.17) is 5.26 Å². The number of benzene rings is 1. The minimum Gasteiger partial charge on any atom is -0.504 e. The lowest BCUT2D eigenvalue weighted by Gasteiger charge is -2.19. The first-order chi connectivity index (χ1) is 9.38. The normalized spacial score (nSPS) is 9.85. The molecule has 0 saturated heterocycles. The number of phenolic OH excluding ortho intramolecular Hbond substituents is 2. The van der Waals surface area contributed by atoms with Crippen molar-refractivity contribution in [1.29, 1.82) is 5.26 Å². The predicted octanol–water partition coefficient (Wildman–Crippen LogP) is 1.36. The van der Waals surface area contributed by atoms with Gasteiger partial charge in [0.1, 0.15) is 11.6 Å². The number of carbonyl (C=O) groups excluding carboxylic acids is 1. The molecule has 0 atom stereocenters. The van der Waals surface area contributed by atoms with Crippen molar-refractivity contribution in [3.05, 3.63) is 27.3 Å². The minimum atomic E-state index is -1.02. The molecule has 0 unspecified atom stereocenters. The Balaban J connectivity index is 3.67. The Morgan fingerprint density at radius 1 is 1.45 bits per heavy atom. The number of nitrogens with zero attached hydrogens (tertiary/aromatic N) is 3. The van der Waals surface area contributed by atoms with Gasteiger partial charge in [0, 0.05) is 19.2 Å². The lowest BCUT2D eigenvalue weighted by atomic mass is 10.0. The smallest absolute Gasteiger partial charge is 0.328 e. The van der Waals surface area contributed by atoms with Crippen LogP contribution >= 0.6 is 0 Å². The van der Waals surface area contributed by atoms with E-state index >= 15 is 0 Å². The molecule has 1 amide bonds. The molecule has 2 N–H and O–H groups in total. The van der Waals surface area contributed by atoms with Crippen LogP contribution in [0.3, 0.4) is 0 Å². The molecule has 0 heterocycles. The molecular weight excluding hydrogens is 266 g/mol. The molecule has 0 saturated carbocycles. The maximum atomic E-state index is 12.3. The third kappa shape index (κ3) is 2.47. The Bertz CT molecular complexity index is 602. The number of nitro benzene ring substituents is 1. The average molecular weight is 279 g/mol. The highest BCUT2D eigenvalue weighted by Crippen LogP contribution is 2.40. The van der Waals surface area contributed by atoms with E-state index in [1.54, 1.807) is 19.9 Å². The Hall–Kier alpha value is -2.82. The van der Waals surface area contributed by atoms with E-state index in [2.05, 4.69) is 0 Å². The van der Waals surface area contributed by atoms with Gasteiger partial charge in [-0.05, 0) is 13.8 Å². The highest BCUT2D eigenvalue weighted by Gasteiger charge is 2.33. The lowest BCUT2D eigenvalue weighted by molar-refractivity contribution is -0.386. The zero-order chi connectivity index (χ0) is 15.4. The van der Waals surface area contributed by atoms with Gasteiger partial charge in [-0.3, -0.25) is 14.9 Å². The number of hydrogen-bond donors (Lipinski definition) is 2. The van der Waals surface area contributed by atoms with Crippen LogP contribution in [0.5, 0.6) is 11.5 Å². The van der Waals surface area contributed by atoms with Gasteiger partial charge in [-0.15, -0.1) is 0 Å². The number of amides is 1. The summed E-state index contributed by atoms with van der Waals surface area (Å²) in [5.41, 5.74) is -1.83. The zero-order valence-electron chi connectivity index (χ0n) is 11.0. The maximum absolute atomic E-state index is 12.3. The SMILES string of the molecule is CCN(CC)C(=O)c1c(C#N)cc(O)c(O)c1[N+](=O)[O-]. The van der Waals surface area contributed by atoms with Crippen molar-refractivity contribution in [3.63, 3.8) is 0 Å². The second kappa shape index (κ2) is 5.88. The molecule has 1 aromatic rings. The molecule has 106 valence electrons. The molecule has 0 aliphatic carbocycles. The van der Waals surface area contributed by atoms with E-state index in [1.165, 1.54) is 4.90 Å². The number of hydrogen-bond acceptors (Lipinski definition) is 6. The average Bonchev–Trinajstić information content (AvgIpc) is 2.41. The number of nitro groups is 1. The first-order valence-electron chi connectivity index (χ1n) is 5.81. The van der Waals surface area contributed by atoms with E-state index in [-0.39, 0.29) is 5.56 Å². The minimum absolute atomic E-state index is 0.291. The van der Waals surface area contributed by atoms with Gasteiger partial charge in [-0.2, -0.15) is 5.26 Å². The Morgan fingerprint density at radius 3 is 2.40 bits per heavy atom. The summed E-state index contributed by atoms with van der Waals surface area (Å²) >= 11 is 0. The monoisotopic (exact) mass is 279 g/mol. The summed E-state index contributed by atoms with van der Waals surface area (Å²) in [6.07, 6.45) is 0. The van der Waals surface area contributed by atoms with Gasteiger partial charge in [0.15, 0.2) is 5.75 Å². The molecule has 20 heavy (non-hydrogen) atoms. The van der Waals surface area contributed by atoms with Crippen molar-refractivity contribution in [3.8, 4) is 17.6 Å². The number of carbonyl (C=O) groups is 1. The number of aromatic hydroxyl groups is 2. The van der Waals surface area contributed by atoms with Crippen LogP contribution in [0.1, 0.15) is 29.8 Å². The van der Waals surface area contributed by atoms with Crippen LogP contribution in [0.15, 0.2) is 6.07 Å². The van der Waals surface area contributed by atoms with Crippen molar-refractivity contribution in [2.24, 2.45) is 0 Å². The molecule has 0 aromatic heterocycles. The van der Waals surface area contributed by atoms with Crippen molar-refractivity contribution in [2.45, 2.75) is 13.8 Å². The van der Waals surface area contributed by atoms with Crippen molar-refractivity contribution in [1.82, 2.24) is 4.90 Å². The third-order valence-corrected chi connectivity index (χ3v) is 2.82. The number of rotatable bonds is 4. The van der Waals surface area contributed by atoms with Gasteiger partial charge >= 0.3 is 5.69 Å². The molecule has 0 aliphatic rings. The summed E-state index contributed by atoms with van der Waals surface area (Å²) < 4.78 is 0. The highest BCUT2D eigenvalue weighted by atomic mass is 16.6. The Labute approximate surface area is 114 Å². The molecule has 0 radical (unpaired) electrons. The van der Waals surface area contributed by atoms with Crippen LogP contribution in [0.4, 0.5) is 5.69 Å². The second-order valence-corrected chi connectivity index (χ2v) is 3.86. The van der Waals surface area contributed by atoms with Gasteiger partial charge in [-0.1, -0.05) is 0 Å². The molecule has 0 spiro atoms. The first-order valence-corrected chi connectivity index (χ1v) is 5.81. The van der Waals surface area contributed by atoms with Crippen LogP contribution < -0.4 is 0 Å². The lowest BCUT2D eigenvalue weighted by Crippen LogP contribution is -2.31. The summed E-state index contributed by atoms with van der Waals surface area (Å²) in [6.45, 7) is 3.94. The second-order valence-electron chi connectivity index (χ2n) is 3.86. The first kappa shape index (κ1) is 15.2. The molecule has 8 nitrogen and oxygen atoms in total. The Kier molecular flexibility index (Phi) is 4.48. The van der Waals surface area contributed by atoms with Crippen LogP contribution in [0.25, 0.3) is 0 Å². The molecule has 8 heteroatoms. The van der Waals surface area contributed by atoms with E-state index in [0.717, 1.165) is 6.07 Å². The van der Waals surface area contributed by atoms with E-state index in [1.807, 2.05) is 0 Å². The maximum Gasteiger partial charge on any atom is 0.328 e. The molecule has 0 fully saturated rings. The molecule has 1 aromatic carbocycles. The van der Waals surface area contributed by atoms with Crippen LogP contribution in [0.2, 0.25) is 0 Å². The van der Waals surface area contributed by atoms with Gasteiger partial charge in [0.2, 0.25) is 5.75 Å². The van der Waals surface area contributed by atoms with Crippen molar-refractivity contribution in [2.75, 3.05) is 13.1 Å². The summed E-state index contributed by atoms with van der Waals surface area (Å²) in [5.74, 6) is -2.58. The molecular formula is C12H13N3O5. The number of nitriles is 1. The van der Waals surface area contributed by atoms with E-state index in [0.29, 0.717) is 13.1 Å². The fraction of sp³-hybridized carbons (Fsp3) is 0.333. The van der Waals surface area contributed by atoms with E-state index < -0.39 is 33.6 Å². The number of phenols is 2. The molecule has 0 aliphatic heterocycles. The Morgan fingerprint density at radius 2 is 2.00 bits per heavy atom. The van der Waals surface area contributed by atoms with E-state index in [9.17, 15) is 25.1 Å². The van der Waals surface area contributed by atoms with Gasteiger partial charge < -0.3 is 15.1 Å². The highest BCUT2D eigenvalue weighted by molar-refractivity contribution is 6.02. The van der Waals surface area contributed by atoms with Crippen LogP contribution in [-0.4, -0.2) is 39.0 Å². The van der Waals surface area contributed by atoms with Crippen LogP contribution in [0, 0.1) is 21.4 Å². The van der Waals surface area contributed by atoms with Gasteiger partial charge in [0.05, 0.1) is 10.5 Å². The topological polar surface area (TPSA) is 128 Å². The summed E-state index contributed by atoms with van der Waals surface area (Å²) in [7, 11) is 0. The fourth-order valence-corrected chi connectivity index (χ4v) is 1.80. The molecule has 1 rings (SSSR count). The summed E-state index contributed by atoms with van der Waals surface area (Å²) in [6, 6.07) is 2.45. The van der Waals surface area contributed by atoms with Gasteiger partial charge in [0.25, 0.3) is 5.91 Å². The predicted molar refractivity (Wildman–Crippen MR) is 68.4 cm³/mol. The van der Waals surface area contributed by atoms with Crippen molar-refractivity contribution < 1.29 is 19.9 Å². The fourth-order valence-electron chi connectivity index (χ4n) is 1.80. The van der Waals surface area contributed by atoms with Gasteiger partial charge in [-0.25, -0.2) is 0 Å². The summed E-state index contributed by atoms with van der Waals surface area (Å²) in [5, 5.41) is 39.0. The quantitative estimate of drug-likeness (QED) is 0.486. The van der Waals surface area contributed by atoms with Crippen molar-refractivity contribution >= 4 is 11.6 Å². The third-order valence-electron chi connectivity index (χ3n) is 2.82. The standard InChI is InChI=1S/C12H13N3O5/c1-3-14(4-2)12(18)9-7(6-13)5-8(16)11(17)10(9)15(19)20/h5,16-17H,3-4H2,1-2H3. The zero-order valence-corrected chi connectivity index (χ0v) is 11.0. The largest absolute Gasteiger partial charge is 0.504 e. The summed E-state index contributed by atoms with van der Waals surface area (Å²) in [4.78, 5) is 23.6.